The largest absolute Gasteiger partial charge is 0.481 e. The first-order valence-electron chi connectivity index (χ1n) is 7.06. The van der Waals surface area contributed by atoms with E-state index >= 15 is 0 Å². The molecule has 0 bridgehead atoms. The van der Waals surface area contributed by atoms with Crippen molar-refractivity contribution < 1.29 is 29.4 Å². The Balaban J connectivity index is 3.79. The second-order valence-electron chi connectivity index (χ2n) is 4.77. The summed E-state index contributed by atoms with van der Waals surface area (Å²) in [7, 11) is 0. The summed E-state index contributed by atoms with van der Waals surface area (Å²) in [5, 5.41) is 24.8. The summed E-state index contributed by atoms with van der Waals surface area (Å²) in [5.74, 6) is -2.47. The van der Waals surface area contributed by atoms with Crippen LogP contribution in [0.25, 0.3) is 0 Å². The van der Waals surface area contributed by atoms with E-state index in [1.165, 1.54) is 6.92 Å². The molecule has 0 saturated carbocycles. The molecular formula is C13H23N3O6. The average molecular weight is 317 g/mol. The molecule has 126 valence electrons. The molecule has 0 heterocycles. The minimum absolute atomic E-state index is 0.0847. The normalized spacial score (nSPS) is 11.3. The van der Waals surface area contributed by atoms with Crippen molar-refractivity contribution in [3.05, 3.63) is 0 Å². The number of nitrogens with one attached hydrogen (secondary N) is 3. The first-order valence-corrected chi connectivity index (χ1v) is 7.06. The van der Waals surface area contributed by atoms with E-state index in [4.69, 9.17) is 10.2 Å². The number of carboxylic acids is 2. The number of unbranched alkanes of at least 4 members (excludes halogenated alkanes) is 2. The highest BCUT2D eigenvalue weighted by Gasteiger charge is 2.20. The highest BCUT2D eigenvalue weighted by molar-refractivity contribution is 5.82. The Labute approximate surface area is 128 Å². The zero-order valence-electron chi connectivity index (χ0n) is 12.6. The fourth-order valence-electron chi connectivity index (χ4n) is 1.63. The van der Waals surface area contributed by atoms with Crippen LogP contribution in [0.2, 0.25) is 0 Å². The van der Waals surface area contributed by atoms with Gasteiger partial charge in [0.15, 0.2) is 0 Å². The lowest BCUT2D eigenvalue weighted by Gasteiger charge is -2.14. The average Bonchev–Trinajstić information content (AvgIpc) is 2.41. The number of rotatable bonds is 11. The molecule has 0 aromatic heterocycles. The maximum atomic E-state index is 11.5. The monoisotopic (exact) mass is 317 g/mol. The molecule has 0 spiro atoms. The summed E-state index contributed by atoms with van der Waals surface area (Å²) in [6, 6.07) is -1.87. The summed E-state index contributed by atoms with van der Waals surface area (Å²) in [6.45, 7) is 2.39. The van der Waals surface area contributed by atoms with Crippen LogP contribution in [0.15, 0.2) is 0 Å². The van der Waals surface area contributed by atoms with Gasteiger partial charge in [0.2, 0.25) is 5.91 Å². The third-order valence-electron chi connectivity index (χ3n) is 2.76. The van der Waals surface area contributed by atoms with E-state index in [2.05, 4.69) is 16.0 Å². The number of hydrogen-bond donors (Lipinski definition) is 5. The van der Waals surface area contributed by atoms with Gasteiger partial charge < -0.3 is 26.2 Å². The smallest absolute Gasteiger partial charge is 0.326 e. The summed E-state index contributed by atoms with van der Waals surface area (Å²) >= 11 is 0. The predicted molar refractivity (Wildman–Crippen MR) is 77.4 cm³/mol. The lowest BCUT2D eigenvalue weighted by molar-refractivity contribution is -0.140. The Hall–Kier alpha value is -2.32. The maximum Gasteiger partial charge on any atom is 0.326 e. The third-order valence-corrected chi connectivity index (χ3v) is 2.76. The topological polar surface area (TPSA) is 145 Å². The maximum absolute atomic E-state index is 11.5. The molecule has 0 rings (SSSR count). The quantitative estimate of drug-likeness (QED) is 0.337. The first-order chi connectivity index (χ1) is 10.3. The van der Waals surface area contributed by atoms with Crippen LogP contribution in [0.5, 0.6) is 0 Å². The molecule has 0 aliphatic heterocycles. The molecule has 22 heavy (non-hydrogen) atoms. The highest BCUT2D eigenvalue weighted by Crippen LogP contribution is 1.98. The Morgan fingerprint density at radius 2 is 1.55 bits per heavy atom. The van der Waals surface area contributed by atoms with Crippen LogP contribution < -0.4 is 16.0 Å². The second kappa shape index (κ2) is 11.4. The van der Waals surface area contributed by atoms with Gasteiger partial charge in [-0.25, -0.2) is 9.59 Å². The number of urea groups is 1. The molecule has 1 atom stereocenters. The Morgan fingerprint density at radius 1 is 0.955 bits per heavy atom. The molecule has 9 heteroatoms. The molecule has 0 aromatic carbocycles. The SMILES string of the molecule is CC(=O)NCCCCCNC(=O)N[C@@H](CCC(=O)O)C(=O)O. The van der Waals surface area contributed by atoms with E-state index in [9.17, 15) is 19.2 Å². The van der Waals surface area contributed by atoms with Crippen molar-refractivity contribution in [2.45, 2.75) is 45.1 Å². The summed E-state index contributed by atoms with van der Waals surface area (Å²) in [5.41, 5.74) is 0. The molecule has 0 unspecified atom stereocenters. The van der Waals surface area contributed by atoms with Crippen molar-refractivity contribution in [2.24, 2.45) is 0 Å². The molecule has 0 fully saturated rings. The lowest BCUT2D eigenvalue weighted by Crippen LogP contribution is -2.46. The van der Waals surface area contributed by atoms with Crippen LogP contribution in [0.3, 0.4) is 0 Å². The van der Waals surface area contributed by atoms with Gasteiger partial charge in [-0.1, -0.05) is 0 Å². The Kier molecular flexibility index (Phi) is 10.2. The number of aliphatic carboxylic acids is 2. The number of carbonyl (C=O) groups excluding carboxylic acids is 2. The third kappa shape index (κ3) is 11.5. The zero-order chi connectivity index (χ0) is 17.0. The van der Waals surface area contributed by atoms with Crippen LogP contribution in [0.1, 0.15) is 39.0 Å². The molecule has 0 saturated heterocycles. The Morgan fingerprint density at radius 3 is 2.05 bits per heavy atom. The van der Waals surface area contributed by atoms with Crippen LogP contribution >= 0.6 is 0 Å². The molecule has 5 N–H and O–H groups in total. The van der Waals surface area contributed by atoms with Gasteiger partial charge >= 0.3 is 18.0 Å². The van der Waals surface area contributed by atoms with Crippen molar-refractivity contribution in [2.75, 3.05) is 13.1 Å². The molecule has 9 nitrogen and oxygen atoms in total. The van der Waals surface area contributed by atoms with Crippen LogP contribution in [-0.2, 0) is 14.4 Å². The minimum Gasteiger partial charge on any atom is -0.481 e. The Bertz CT molecular complexity index is 399. The van der Waals surface area contributed by atoms with Gasteiger partial charge in [-0.3, -0.25) is 9.59 Å². The van der Waals surface area contributed by atoms with Crippen molar-refractivity contribution in [3.63, 3.8) is 0 Å². The first kappa shape index (κ1) is 19.7. The van der Waals surface area contributed by atoms with Gasteiger partial charge in [0.05, 0.1) is 0 Å². The predicted octanol–water partition coefficient (Wildman–Crippen LogP) is -0.0900. The number of amides is 3. The molecule has 0 aliphatic rings. The van der Waals surface area contributed by atoms with E-state index in [0.717, 1.165) is 12.8 Å². The fraction of sp³-hybridized carbons (Fsp3) is 0.692. The summed E-state index contributed by atoms with van der Waals surface area (Å²) in [4.78, 5) is 43.4. The van der Waals surface area contributed by atoms with Crippen molar-refractivity contribution >= 4 is 23.9 Å². The number of carbonyl (C=O) groups is 4. The minimum atomic E-state index is -1.27. The van der Waals surface area contributed by atoms with Gasteiger partial charge in [0.25, 0.3) is 0 Å². The van der Waals surface area contributed by atoms with E-state index in [-0.39, 0.29) is 18.7 Å². The van der Waals surface area contributed by atoms with Gasteiger partial charge in [-0.2, -0.15) is 0 Å². The van der Waals surface area contributed by atoms with Crippen molar-refractivity contribution in [1.29, 1.82) is 0 Å². The molecule has 3 amide bonds. The summed E-state index contributed by atoms with van der Waals surface area (Å²) < 4.78 is 0. The highest BCUT2D eigenvalue weighted by atomic mass is 16.4. The van der Waals surface area contributed by atoms with Crippen molar-refractivity contribution in [3.8, 4) is 0 Å². The van der Waals surface area contributed by atoms with E-state index in [1.54, 1.807) is 0 Å². The van der Waals surface area contributed by atoms with Crippen molar-refractivity contribution in [1.82, 2.24) is 16.0 Å². The lowest BCUT2D eigenvalue weighted by atomic mass is 10.1. The van der Waals surface area contributed by atoms with E-state index in [1.807, 2.05) is 0 Å². The molecule has 0 aromatic rings. The van der Waals surface area contributed by atoms with Crippen LogP contribution in [-0.4, -0.2) is 53.2 Å². The number of carboxylic acid groups (broad SMARTS) is 2. The molecule has 0 aliphatic carbocycles. The van der Waals surface area contributed by atoms with E-state index in [0.29, 0.717) is 19.5 Å². The van der Waals surface area contributed by atoms with Gasteiger partial charge in [-0.05, 0) is 25.7 Å². The molecule has 0 radical (unpaired) electrons. The zero-order valence-corrected chi connectivity index (χ0v) is 12.6. The van der Waals surface area contributed by atoms with Crippen LogP contribution in [0.4, 0.5) is 4.79 Å². The van der Waals surface area contributed by atoms with Gasteiger partial charge in [-0.15, -0.1) is 0 Å². The summed E-state index contributed by atoms with van der Waals surface area (Å²) in [6.07, 6.45) is 1.79. The second-order valence-corrected chi connectivity index (χ2v) is 4.77. The van der Waals surface area contributed by atoms with E-state index < -0.39 is 24.0 Å². The van der Waals surface area contributed by atoms with Crippen LogP contribution in [0, 0.1) is 0 Å². The number of hydrogen-bond acceptors (Lipinski definition) is 4. The fourth-order valence-corrected chi connectivity index (χ4v) is 1.63. The van der Waals surface area contributed by atoms with Gasteiger partial charge in [0.1, 0.15) is 6.04 Å². The molecular weight excluding hydrogens is 294 g/mol. The van der Waals surface area contributed by atoms with Gasteiger partial charge in [0, 0.05) is 26.4 Å². The standard InChI is InChI=1S/C13H23N3O6/c1-9(17)14-7-3-2-4-8-15-13(22)16-10(12(20)21)5-6-11(18)19/h10H,2-8H2,1H3,(H,14,17)(H,18,19)(H,20,21)(H2,15,16,22)/t10-/m0/s1.